The van der Waals surface area contributed by atoms with E-state index in [-0.39, 0.29) is 0 Å². The second-order valence-corrected chi connectivity index (χ2v) is 3.92. The molecule has 2 nitrogen and oxygen atoms in total. The van der Waals surface area contributed by atoms with Gasteiger partial charge in [0, 0.05) is 10.6 Å². The van der Waals surface area contributed by atoms with Crippen molar-refractivity contribution in [2.24, 2.45) is 0 Å². The summed E-state index contributed by atoms with van der Waals surface area (Å²) in [7, 11) is 0. The normalized spacial score (nSPS) is 10.3. The summed E-state index contributed by atoms with van der Waals surface area (Å²) in [6.07, 6.45) is 1.68. The summed E-state index contributed by atoms with van der Waals surface area (Å²) in [6, 6.07) is 11.7. The van der Waals surface area contributed by atoms with Crippen molar-refractivity contribution in [1.29, 1.82) is 0 Å². The highest BCUT2D eigenvalue weighted by Crippen LogP contribution is 2.27. The highest BCUT2D eigenvalue weighted by atomic mass is 32.2. The highest BCUT2D eigenvalue weighted by Gasteiger charge is 2.00. The van der Waals surface area contributed by atoms with Gasteiger partial charge in [0.2, 0.25) is 0 Å². The number of nitrogen functional groups attached to an aromatic ring is 1. The second kappa shape index (κ2) is 4.24. The first-order valence-corrected chi connectivity index (χ1v) is 5.34. The van der Waals surface area contributed by atoms with Crippen LogP contribution in [0.1, 0.15) is 5.76 Å². The van der Waals surface area contributed by atoms with Crippen LogP contribution >= 0.6 is 11.8 Å². The SMILES string of the molecule is Nc1ccccc1SCc1ccco1. The maximum Gasteiger partial charge on any atom is 0.113 e. The van der Waals surface area contributed by atoms with Crippen molar-refractivity contribution in [3.8, 4) is 0 Å². The smallest absolute Gasteiger partial charge is 0.113 e. The summed E-state index contributed by atoms with van der Waals surface area (Å²) >= 11 is 1.69. The molecule has 0 aliphatic rings. The first-order chi connectivity index (χ1) is 6.86. The highest BCUT2D eigenvalue weighted by molar-refractivity contribution is 7.98. The third-order valence-electron chi connectivity index (χ3n) is 1.87. The van der Waals surface area contributed by atoms with E-state index in [9.17, 15) is 0 Å². The zero-order valence-electron chi connectivity index (χ0n) is 7.64. The van der Waals surface area contributed by atoms with Crippen molar-refractivity contribution in [2.45, 2.75) is 10.6 Å². The number of rotatable bonds is 3. The molecule has 0 unspecified atom stereocenters. The molecule has 1 heterocycles. The Balaban J connectivity index is 2.02. The Morgan fingerprint density at radius 2 is 2.00 bits per heavy atom. The Bertz CT molecular complexity index is 397. The molecule has 0 radical (unpaired) electrons. The minimum atomic E-state index is 0.821. The van der Waals surface area contributed by atoms with Gasteiger partial charge in [-0.05, 0) is 24.3 Å². The monoisotopic (exact) mass is 205 g/mol. The van der Waals surface area contributed by atoms with Crippen LogP contribution in [-0.2, 0) is 5.75 Å². The molecule has 0 aliphatic heterocycles. The first kappa shape index (κ1) is 9.21. The Morgan fingerprint density at radius 1 is 1.14 bits per heavy atom. The van der Waals surface area contributed by atoms with Gasteiger partial charge in [-0.3, -0.25) is 0 Å². The van der Waals surface area contributed by atoms with Gasteiger partial charge in [0.25, 0.3) is 0 Å². The van der Waals surface area contributed by atoms with E-state index in [4.69, 9.17) is 10.2 Å². The minimum absolute atomic E-state index is 0.821. The standard InChI is InChI=1S/C11H11NOS/c12-10-5-1-2-6-11(10)14-8-9-4-3-7-13-9/h1-7H,8,12H2. The maximum atomic E-state index is 5.81. The van der Waals surface area contributed by atoms with E-state index in [2.05, 4.69) is 0 Å². The number of furan rings is 1. The molecule has 14 heavy (non-hydrogen) atoms. The number of benzene rings is 1. The summed E-state index contributed by atoms with van der Waals surface area (Å²) < 4.78 is 5.23. The molecule has 2 aromatic rings. The van der Waals surface area contributed by atoms with Crippen molar-refractivity contribution >= 4 is 17.4 Å². The average Bonchev–Trinajstić information content (AvgIpc) is 2.69. The number of para-hydroxylation sites is 1. The van der Waals surface area contributed by atoms with Gasteiger partial charge in [0.1, 0.15) is 5.76 Å². The molecule has 3 heteroatoms. The molecule has 0 atom stereocenters. The number of nitrogens with two attached hydrogens (primary N) is 1. The predicted molar refractivity (Wildman–Crippen MR) is 59.1 cm³/mol. The Hall–Kier alpha value is -1.35. The van der Waals surface area contributed by atoms with Crippen LogP contribution in [0.25, 0.3) is 0 Å². The van der Waals surface area contributed by atoms with Crippen LogP contribution in [-0.4, -0.2) is 0 Å². The molecule has 0 bridgehead atoms. The fourth-order valence-electron chi connectivity index (χ4n) is 1.16. The van der Waals surface area contributed by atoms with Crippen molar-refractivity contribution in [3.05, 3.63) is 48.4 Å². The molecule has 0 amide bonds. The van der Waals surface area contributed by atoms with Crippen molar-refractivity contribution < 1.29 is 4.42 Å². The third-order valence-corrected chi connectivity index (χ3v) is 2.98. The molecule has 0 fully saturated rings. The Morgan fingerprint density at radius 3 is 2.71 bits per heavy atom. The molecule has 0 saturated heterocycles. The molecule has 2 rings (SSSR count). The maximum absolute atomic E-state index is 5.81. The van der Waals surface area contributed by atoms with E-state index in [1.54, 1.807) is 18.0 Å². The zero-order valence-corrected chi connectivity index (χ0v) is 8.46. The lowest BCUT2D eigenvalue weighted by molar-refractivity contribution is 0.530. The molecular formula is C11H11NOS. The number of anilines is 1. The van der Waals surface area contributed by atoms with Crippen LogP contribution in [0, 0.1) is 0 Å². The van der Waals surface area contributed by atoms with Crippen LogP contribution in [0.5, 0.6) is 0 Å². The summed E-state index contributed by atoms with van der Waals surface area (Å²) in [5, 5.41) is 0. The lowest BCUT2D eigenvalue weighted by Gasteiger charge is -2.02. The topological polar surface area (TPSA) is 39.2 Å². The van der Waals surface area contributed by atoms with Gasteiger partial charge in [0.05, 0.1) is 12.0 Å². The van der Waals surface area contributed by atoms with Crippen LogP contribution < -0.4 is 5.73 Å². The van der Waals surface area contributed by atoms with Crippen LogP contribution in [0.15, 0.2) is 52.0 Å². The number of hydrogen-bond acceptors (Lipinski definition) is 3. The van der Waals surface area contributed by atoms with E-state index in [1.165, 1.54) is 0 Å². The van der Waals surface area contributed by atoms with E-state index in [0.717, 1.165) is 22.1 Å². The van der Waals surface area contributed by atoms with Crippen LogP contribution in [0.3, 0.4) is 0 Å². The van der Waals surface area contributed by atoms with Gasteiger partial charge in [-0.15, -0.1) is 11.8 Å². The lowest BCUT2D eigenvalue weighted by Crippen LogP contribution is -1.87. The predicted octanol–water partition coefficient (Wildman–Crippen LogP) is 3.15. The van der Waals surface area contributed by atoms with Crippen molar-refractivity contribution in [2.75, 3.05) is 5.73 Å². The summed E-state index contributed by atoms with van der Waals surface area (Å²) in [5.74, 6) is 1.79. The number of thioether (sulfide) groups is 1. The minimum Gasteiger partial charge on any atom is -0.468 e. The van der Waals surface area contributed by atoms with Crippen LogP contribution in [0.4, 0.5) is 5.69 Å². The molecule has 0 aliphatic carbocycles. The fourth-order valence-corrected chi connectivity index (χ4v) is 2.03. The van der Waals surface area contributed by atoms with E-state index < -0.39 is 0 Å². The summed E-state index contributed by atoms with van der Waals surface area (Å²) in [6.45, 7) is 0. The molecular weight excluding hydrogens is 194 g/mol. The van der Waals surface area contributed by atoms with Crippen LogP contribution in [0.2, 0.25) is 0 Å². The van der Waals surface area contributed by atoms with Gasteiger partial charge in [-0.1, -0.05) is 12.1 Å². The summed E-state index contributed by atoms with van der Waals surface area (Å²) in [5.41, 5.74) is 6.63. The molecule has 0 spiro atoms. The quantitative estimate of drug-likeness (QED) is 0.618. The molecule has 0 saturated carbocycles. The molecule has 1 aromatic heterocycles. The Kier molecular flexibility index (Phi) is 2.79. The van der Waals surface area contributed by atoms with Gasteiger partial charge in [0.15, 0.2) is 0 Å². The molecule has 1 aromatic carbocycles. The van der Waals surface area contributed by atoms with E-state index in [0.29, 0.717) is 0 Å². The molecule has 2 N–H and O–H groups in total. The fraction of sp³-hybridized carbons (Fsp3) is 0.0909. The second-order valence-electron chi connectivity index (χ2n) is 2.91. The van der Waals surface area contributed by atoms with Gasteiger partial charge in [-0.2, -0.15) is 0 Å². The van der Waals surface area contributed by atoms with Crippen molar-refractivity contribution in [3.63, 3.8) is 0 Å². The van der Waals surface area contributed by atoms with E-state index >= 15 is 0 Å². The molecule has 72 valence electrons. The number of hydrogen-bond donors (Lipinski definition) is 1. The van der Waals surface area contributed by atoms with Crippen molar-refractivity contribution in [1.82, 2.24) is 0 Å². The van der Waals surface area contributed by atoms with Gasteiger partial charge in [-0.25, -0.2) is 0 Å². The summed E-state index contributed by atoms with van der Waals surface area (Å²) in [4.78, 5) is 1.10. The third kappa shape index (κ3) is 2.12. The average molecular weight is 205 g/mol. The lowest BCUT2D eigenvalue weighted by atomic mass is 10.3. The van der Waals surface area contributed by atoms with Gasteiger partial charge < -0.3 is 10.2 Å². The zero-order chi connectivity index (χ0) is 9.80. The van der Waals surface area contributed by atoms with E-state index in [1.807, 2.05) is 36.4 Å². The first-order valence-electron chi connectivity index (χ1n) is 4.36. The Labute approximate surface area is 87.1 Å². The van der Waals surface area contributed by atoms with Gasteiger partial charge >= 0.3 is 0 Å². The largest absolute Gasteiger partial charge is 0.468 e.